The van der Waals surface area contributed by atoms with E-state index in [0.29, 0.717) is 5.69 Å². The highest BCUT2D eigenvalue weighted by molar-refractivity contribution is 6.31. The summed E-state index contributed by atoms with van der Waals surface area (Å²) in [6, 6.07) is 8.34. The van der Waals surface area contributed by atoms with Gasteiger partial charge in [-0.05, 0) is 48.0 Å². The first-order chi connectivity index (χ1) is 17.4. The van der Waals surface area contributed by atoms with E-state index in [1.165, 1.54) is 43.5 Å². The Hall–Kier alpha value is -4.52. The van der Waals surface area contributed by atoms with Gasteiger partial charge in [0.15, 0.2) is 11.5 Å². The van der Waals surface area contributed by atoms with Crippen LogP contribution >= 0.6 is 11.6 Å². The van der Waals surface area contributed by atoms with Crippen molar-refractivity contribution in [1.82, 2.24) is 19.7 Å². The zero-order chi connectivity index (χ0) is 26.9. The number of carbonyl (C=O) groups excluding carboxylic acids is 1. The van der Waals surface area contributed by atoms with Crippen molar-refractivity contribution in [2.24, 2.45) is 0 Å². The number of amides is 1. The number of rotatable bonds is 6. The summed E-state index contributed by atoms with van der Waals surface area (Å²) in [4.78, 5) is 31.6. The van der Waals surface area contributed by atoms with Crippen LogP contribution in [0.15, 0.2) is 54.9 Å². The van der Waals surface area contributed by atoms with Crippen LogP contribution in [0.1, 0.15) is 23.0 Å². The molecular formula is C23H15ClF4N6O3. The topological polar surface area (TPSA) is 122 Å². The molecule has 1 amide bonds. The monoisotopic (exact) mass is 534 g/mol. The largest absolute Gasteiger partial charge is 0.478 e. The predicted molar refractivity (Wildman–Crippen MR) is 126 cm³/mol. The lowest BCUT2D eigenvalue weighted by molar-refractivity contribution is -0.141. The standard InChI is InChI=1S/C23H15ClF4N6O3/c1-11(35)30-15-7-12(6-13(8-15)21(36)37)16-10-29-22(31-14-2-3-18(25)17(24)9-14)32-20(16)34-5-4-19(33-34)23(26,27)28/h2-10H,1H3,(H,30,35)(H,36,37)(H,29,31,32). The summed E-state index contributed by atoms with van der Waals surface area (Å²) >= 11 is 5.79. The lowest BCUT2D eigenvalue weighted by atomic mass is 10.0. The molecule has 4 aromatic rings. The summed E-state index contributed by atoms with van der Waals surface area (Å²) in [6.45, 7) is 1.23. The fourth-order valence-corrected chi connectivity index (χ4v) is 3.47. The summed E-state index contributed by atoms with van der Waals surface area (Å²) in [5.41, 5.74) is -0.675. The molecule has 9 nitrogen and oxygen atoms in total. The van der Waals surface area contributed by atoms with Crippen LogP contribution in [0.25, 0.3) is 16.9 Å². The Kier molecular flexibility index (Phi) is 6.81. The summed E-state index contributed by atoms with van der Waals surface area (Å²) in [6.07, 6.45) is -2.46. The van der Waals surface area contributed by atoms with E-state index in [9.17, 15) is 32.3 Å². The van der Waals surface area contributed by atoms with Crippen LogP contribution in [-0.2, 0) is 11.0 Å². The van der Waals surface area contributed by atoms with E-state index in [2.05, 4.69) is 25.7 Å². The van der Waals surface area contributed by atoms with Gasteiger partial charge in [-0.15, -0.1) is 0 Å². The van der Waals surface area contributed by atoms with Crippen LogP contribution < -0.4 is 10.6 Å². The van der Waals surface area contributed by atoms with Crippen molar-refractivity contribution < 1.29 is 32.3 Å². The van der Waals surface area contributed by atoms with Gasteiger partial charge in [-0.2, -0.15) is 23.3 Å². The van der Waals surface area contributed by atoms with Crippen LogP contribution in [0.4, 0.5) is 34.9 Å². The van der Waals surface area contributed by atoms with E-state index < -0.39 is 29.6 Å². The second kappa shape index (κ2) is 9.85. The number of carbonyl (C=O) groups is 2. The first kappa shape index (κ1) is 25.6. The van der Waals surface area contributed by atoms with Crippen LogP contribution in [0.2, 0.25) is 5.02 Å². The Balaban J connectivity index is 1.87. The molecule has 37 heavy (non-hydrogen) atoms. The Morgan fingerprint density at radius 3 is 2.46 bits per heavy atom. The second-order valence-electron chi connectivity index (χ2n) is 7.61. The van der Waals surface area contributed by atoms with Gasteiger partial charge < -0.3 is 15.7 Å². The maximum absolute atomic E-state index is 13.5. The SMILES string of the molecule is CC(=O)Nc1cc(C(=O)O)cc(-c2cnc(Nc3ccc(F)c(Cl)c3)nc2-n2ccc(C(F)(F)F)n2)c1. The Morgan fingerprint density at radius 1 is 1.08 bits per heavy atom. The number of anilines is 3. The van der Waals surface area contributed by atoms with Gasteiger partial charge in [-0.25, -0.2) is 18.9 Å². The summed E-state index contributed by atoms with van der Waals surface area (Å²) < 4.78 is 54.0. The molecule has 0 atom stereocenters. The van der Waals surface area contributed by atoms with E-state index in [1.54, 1.807) is 0 Å². The van der Waals surface area contributed by atoms with Gasteiger partial charge in [0.25, 0.3) is 0 Å². The van der Waals surface area contributed by atoms with Gasteiger partial charge in [-0.3, -0.25) is 4.79 Å². The number of carboxylic acids is 1. The van der Waals surface area contributed by atoms with Crippen LogP contribution in [-0.4, -0.2) is 36.7 Å². The molecule has 2 heterocycles. The molecule has 0 aliphatic heterocycles. The fourth-order valence-electron chi connectivity index (χ4n) is 3.29. The molecular weight excluding hydrogens is 520 g/mol. The van der Waals surface area contributed by atoms with Gasteiger partial charge in [-0.1, -0.05) is 11.6 Å². The minimum absolute atomic E-state index is 0.0954. The molecule has 0 aliphatic carbocycles. The van der Waals surface area contributed by atoms with Gasteiger partial charge >= 0.3 is 12.1 Å². The number of nitrogens with zero attached hydrogens (tertiary/aromatic N) is 4. The molecule has 0 fully saturated rings. The van der Waals surface area contributed by atoms with E-state index in [-0.39, 0.29) is 39.2 Å². The molecule has 3 N–H and O–H groups in total. The van der Waals surface area contributed by atoms with E-state index in [4.69, 9.17) is 11.6 Å². The summed E-state index contributed by atoms with van der Waals surface area (Å²) in [5, 5.41) is 18.1. The third-order valence-electron chi connectivity index (χ3n) is 4.85. The molecule has 2 aromatic carbocycles. The van der Waals surface area contributed by atoms with Crippen molar-refractivity contribution >= 4 is 40.8 Å². The zero-order valence-electron chi connectivity index (χ0n) is 18.6. The third kappa shape index (κ3) is 5.83. The maximum atomic E-state index is 13.5. The highest BCUT2D eigenvalue weighted by Crippen LogP contribution is 2.32. The predicted octanol–water partition coefficient (Wildman–Crippen LogP) is 5.54. The quantitative estimate of drug-likeness (QED) is 0.278. The molecule has 2 aromatic heterocycles. The minimum Gasteiger partial charge on any atom is -0.478 e. The molecule has 190 valence electrons. The number of carboxylic acid groups (broad SMARTS) is 1. The average molecular weight is 535 g/mol. The molecule has 0 unspecified atom stereocenters. The van der Waals surface area contributed by atoms with Crippen LogP contribution in [0.5, 0.6) is 0 Å². The van der Waals surface area contributed by atoms with Crippen molar-refractivity contribution in [3.63, 3.8) is 0 Å². The first-order valence-corrected chi connectivity index (χ1v) is 10.7. The van der Waals surface area contributed by atoms with Crippen molar-refractivity contribution in [1.29, 1.82) is 0 Å². The van der Waals surface area contributed by atoms with E-state index in [1.807, 2.05) is 0 Å². The number of benzene rings is 2. The molecule has 4 rings (SSSR count). The first-order valence-electron chi connectivity index (χ1n) is 10.3. The van der Waals surface area contributed by atoms with Crippen molar-refractivity contribution in [2.45, 2.75) is 13.1 Å². The van der Waals surface area contributed by atoms with Crippen LogP contribution in [0.3, 0.4) is 0 Å². The van der Waals surface area contributed by atoms with Gasteiger partial charge in [0.2, 0.25) is 11.9 Å². The van der Waals surface area contributed by atoms with E-state index >= 15 is 0 Å². The number of aromatic nitrogens is 4. The normalized spacial score (nSPS) is 11.3. The highest BCUT2D eigenvalue weighted by atomic mass is 35.5. The molecule has 14 heteroatoms. The maximum Gasteiger partial charge on any atom is 0.435 e. The van der Waals surface area contributed by atoms with Crippen molar-refractivity contribution in [3.8, 4) is 16.9 Å². The Labute approximate surface area is 210 Å². The van der Waals surface area contributed by atoms with Gasteiger partial charge in [0, 0.05) is 36.3 Å². The smallest absolute Gasteiger partial charge is 0.435 e. The average Bonchev–Trinajstić information content (AvgIpc) is 3.32. The number of hydrogen-bond donors (Lipinski definition) is 3. The zero-order valence-corrected chi connectivity index (χ0v) is 19.4. The molecule has 0 spiro atoms. The van der Waals surface area contributed by atoms with Crippen molar-refractivity contribution in [3.05, 3.63) is 77.0 Å². The Morgan fingerprint density at radius 2 is 1.84 bits per heavy atom. The fraction of sp³-hybridized carbons (Fsp3) is 0.0870. The van der Waals surface area contributed by atoms with Crippen LogP contribution in [0, 0.1) is 5.82 Å². The summed E-state index contributed by atoms with van der Waals surface area (Å²) in [5.74, 6) is -2.67. The number of halogens is 5. The third-order valence-corrected chi connectivity index (χ3v) is 5.14. The molecule has 0 saturated carbocycles. The number of aromatic carboxylic acids is 1. The molecule has 0 bridgehead atoms. The number of nitrogens with one attached hydrogen (secondary N) is 2. The minimum atomic E-state index is -4.73. The Bertz CT molecular complexity index is 1520. The second-order valence-corrected chi connectivity index (χ2v) is 8.02. The van der Waals surface area contributed by atoms with E-state index in [0.717, 1.165) is 23.0 Å². The molecule has 0 aliphatic rings. The lowest BCUT2D eigenvalue weighted by Gasteiger charge is -2.14. The highest BCUT2D eigenvalue weighted by Gasteiger charge is 2.34. The van der Waals surface area contributed by atoms with Crippen molar-refractivity contribution in [2.75, 3.05) is 10.6 Å². The summed E-state index contributed by atoms with van der Waals surface area (Å²) in [7, 11) is 0. The molecule has 0 radical (unpaired) electrons. The lowest BCUT2D eigenvalue weighted by Crippen LogP contribution is -2.10. The van der Waals surface area contributed by atoms with Gasteiger partial charge in [0.05, 0.1) is 10.6 Å². The molecule has 0 saturated heterocycles. The van der Waals surface area contributed by atoms with Gasteiger partial charge in [0.1, 0.15) is 5.82 Å². The number of hydrogen-bond acceptors (Lipinski definition) is 6. The number of alkyl halides is 3.